The molecular weight excluding hydrogens is 266 g/mol. The molecule has 0 aliphatic rings. The van der Waals surface area contributed by atoms with E-state index in [4.69, 9.17) is 0 Å². The minimum Gasteiger partial charge on any atom is -0.358 e. The minimum atomic E-state index is -0.0927. The number of hydrogen-bond acceptors (Lipinski definition) is 3. The summed E-state index contributed by atoms with van der Waals surface area (Å²) in [6.45, 7) is 1.40. The van der Waals surface area contributed by atoms with Crippen LogP contribution in [0.25, 0.3) is 11.1 Å². The number of nitrogens with one attached hydrogen (secondary N) is 2. The number of likely N-dealkylation sites (N-methyl/N-ethyl adjacent to an activating group) is 1. The van der Waals surface area contributed by atoms with Gasteiger partial charge in [-0.1, -0.05) is 12.1 Å². The Morgan fingerprint density at radius 1 is 1.29 bits per heavy atom. The number of benzene rings is 1. The standard InChI is InChI=1S/C16H19N3O2/c1-19(2)7-6-17-16(21)13-5-3-4-12(8-13)14-9-15(11-20)18-10-14/h3-5,8-11,18H,6-7H2,1-2H3,(H,17,21). The Kier molecular flexibility index (Phi) is 4.90. The molecule has 0 spiro atoms. The fourth-order valence-corrected chi connectivity index (χ4v) is 1.98. The van der Waals surface area contributed by atoms with Crippen molar-refractivity contribution in [3.63, 3.8) is 0 Å². The number of aromatic nitrogens is 1. The molecule has 0 saturated heterocycles. The summed E-state index contributed by atoms with van der Waals surface area (Å²) < 4.78 is 0. The van der Waals surface area contributed by atoms with Crippen LogP contribution in [0.5, 0.6) is 0 Å². The lowest BCUT2D eigenvalue weighted by molar-refractivity contribution is 0.0950. The van der Waals surface area contributed by atoms with Crippen molar-refractivity contribution in [3.8, 4) is 11.1 Å². The molecule has 0 bridgehead atoms. The van der Waals surface area contributed by atoms with E-state index >= 15 is 0 Å². The Labute approximate surface area is 124 Å². The summed E-state index contributed by atoms with van der Waals surface area (Å²) in [5.41, 5.74) is 2.92. The highest BCUT2D eigenvalue weighted by atomic mass is 16.1. The third-order valence-corrected chi connectivity index (χ3v) is 3.13. The zero-order valence-corrected chi connectivity index (χ0v) is 12.2. The van der Waals surface area contributed by atoms with Gasteiger partial charge in [0.2, 0.25) is 0 Å². The highest BCUT2D eigenvalue weighted by Gasteiger charge is 2.08. The van der Waals surface area contributed by atoms with Crippen LogP contribution in [0.1, 0.15) is 20.8 Å². The van der Waals surface area contributed by atoms with E-state index in [-0.39, 0.29) is 5.91 Å². The first kappa shape index (κ1) is 15.0. The van der Waals surface area contributed by atoms with Crippen LogP contribution < -0.4 is 5.32 Å². The van der Waals surface area contributed by atoms with E-state index in [0.29, 0.717) is 17.8 Å². The molecule has 0 saturated carbocycles. The smallest absolute Gasteiger partial charge is 0.251 e. The predicted molar refractivity (Wildman–Crippen MR) is 82.5 cm³/mol. The number of aldehydes is 1. The van der Waals surface area contributed by atoms with Gasteiger partial charge in [-0.3, -0.25) is 9.59 Å². The molecule has 1 amide bonds. The lowest BCUT2D eigenvalue weighted by Gasteiger charge is -2.10. The number of hydrogen-bond donors (Lipinski definition) is 2. The fraction of sp³-hybridized carbons (Fsp3) is 0.250. The second-order valence-corrected chi connectivity index (χ2v) is 5.10. The van der Waals surface area contributed by atoms with Crippen LogP contribution in [-0.2, 0) is 0 Å². The molecule has 0 aliphatic heterocycles. The summed E-state index contributed by atoms with van der Waals surface area (Å²) in [6.07, 6.45) is 2.52. The van der Waals surface area contributed by atoms with Crippen LogP contribution in [0.15, 0.2) is 36.5 Å². The van der Waals surface area contributed by atoms with Gasteiger partial charge in [0.25, 0.3) is 5.91 Å². The Hall–Kier alpha value is -2.40. The van der Waals surface area contributed by atoms with Crippen LogP contribution in [0, 0.1) is 0 Å². The first-order chi connectivity index (χ1) is 10.1. The molecule has 0 radical (unpaired) electrons. The topological polar surface area (TPSA) is 65.2 Å². The lowest BCUT2D eigenvalue weighted by atomic mass is 10.1. The van der Waals surface area contributed by atoms with E-state index in [9.17, 15) is 9.59 Å². The lowest BCUT2D eigenvalue weighted by Crippen LogP contribution is -2.31. The number of aromatic amines is 1. The summed E-state index contributed by atoms with van der Waals surface area (Å²) in [5.74, 6) is -0.0927. The third-order valence-electron chi connectivity index (χ3n) is 3.13. The molecule has 0 fully saturated rings. The Morgan fingerprint density at radius 2 is 2.10 bits per heavy atom. The van der Waals surface area contributed by atoms with Crippen LogP contribution >= 0.6 is 0 Å². The van der Waals surface area contributed by atoms with Gasteiger partial charge in [0.05, 0.1) is 5.69 Å². The average molecular weight is 285 g/mol. The third kappa shape index (κ3) is 4.03. The number of carbonyl (C=O) groups is 2. The van der Waals surface area contributed by atoms with Gasteiger partial charge in [-0.25, -0.2) is 0 Å². The van der Waals surface area contributed by atoms with E-state index in [1.54, 1.807) is 18.3 Å². The quantitative estimate of drug-likeness (QED) is 0.795. The van der Waals surface area contributed by atoms with Crippen molar-refractivity contribution in [1.82, 2.24) is 15.2 Å². The fourth-order valence-electron chi connectivity index (χ4n) is 1.98. The van der Waals surface area contributed by atoms with Crippen LogP contribution in [0.4, 0.5) is 0 Å². The van der Waals surface area contributed by atoms with Gasteiger partial charge >= 0.3 is 0 Å². The van der Waals surface area contributed by atoms with Gasteiger partial charge in [0, 0.05) is 24.8 Å². The van der Waals surface area contributed by atoms with E-state index in [2.05, 4.69) is 10.3 Å². The monoisotopic (exact) mass is 285 g/mol. The molecule has 1 aromatic heterocycles. The molecule has 0 atom stereocenters. The highest BCUT2D eigenvalue weighted by molar-refractivity contribution is 5.95. The van der Waals surface area contributed by atoms with E-state index < -0.39 is 0 Å². The summed E-state index contributed by atoms with van der Waals surface area (Å²) in [5, 5.41) is 2.88. The molecule has 0 unspecified atom stereocenters. The summed E-state index contributed by atoms with van der Waals surface area (Å²) in [7, 11) is 3.92. The van der Waals surface area contributed by atoms with Gasteiger partial charge in [-0.15, -0.1) is 0 Å². The molecule has 2 N–H and O–H groups in total. The van der Waals surface area contributed by atoms with Gasteiger partial charge in [-0.05, 0) is 43.4 Å². The maximum Gasteiger partial charge on any atom is 0.251 e. The van der Waals surface area contributed by atoms with Gasteiger partial charge in [0.1, 0.15) is 0 Å². The molecule has 1 aromatic carbocycles. The van der Waals surface area contributed by atoms with Gasteiger partial charge in [0.15, 0.2) is 6.29 Å². The number of H-pyrrole nitrogens is 1. The maximum absolute atomic E-state index is 12.1. The molecule has 1 heterocycles. The normalized spacial score (nSPS) is 10.6. The van der Waals surface area contributed by atoms with Crippen molar-refractivity contribution in [2.45, 2.75) is 0 Å². The summed E-state index contributed by atoms with van der Waals surface area (Å²) >= 11 is 0. The summed E-state index contributed by atoms with van der Waals surface area (Å²) in [6, 6.07) is 9.11. The molecule has 5 heteroatoms. The molecule has 5 nitrogen and oxygen atoms in total. The van der Waals surface area contributed by atoms with Gasteiger partial charge in [-0.2, -0.15) is 0 Å². The predicted octanol–water partition coefficient (Wildman–Crippen LogP) is 1.79. The van der Waals surface area contributed by atoms with Crippen molar-refractivity contribution < 1.29 is 9.59 Å². The number of carbonyl (C=O) groups excluding carboxylic acids is 2. The minimum absolute atomic E-state index is 0.0927. The maximum atomic E-state index is 12.1. The largest absolute Gasteiger partial charge is 0.358 e. The van der Waals surface area contributed by atoms with Gasteiger partial charge < -0.3 is 15.2 Å². The van der Waals surface area contributed by atoms with E-state index in [0.717, 1.165) is 24.0 Å². The zero-order chi connectivity index (χ0) is 15.2. The Morgan fingerprint density at radius 3 is 2.76 bits per heavy atom. The van der Waals surface area contributed by atoms with Crippen molar-refractivity contribution in [2.24, 2.45) is 0 Å². The SMILES string of the molecule is CN(C)CCNC(=O)c1cccc(-c2c[nH]c(C=O)c2)c1. The Bertz CT molecular complexity index is 632. The summed E-state index contributed by atoms with van der Waals surface area (Å²) in [4.78, 5) is 27.7. The van der Waals surface area contributed by atoms with Crippen LogP contribution in [0.2, 0.25) is 0 Å². The highest BCUT2D eigenvalue weighted by Crippen LogP contribution is 2.21. The van der Waals surface area contributed by atoms with Crippen LogP contribution in [-0.4, -0.2) is 49.3 Å². The second kappa shape index (κ2) is 6.85. The van der Waals surface area contributed by atoms with Crippen molar-refractivity contribution in [3.05, 3.63) is 47.8 Å². The number of nitrogens with zero attached hydrogens (tertiary/aromatic N) is 1. The van der Waals surface area contributed by atoms with Crippen molar-refractivity contribution >= 4 is 12.2 Å². The van der Waals surface area contributed by atoms with Crippen molar-refractivity contribution in [2.75, 3.05) is 27.2 Å². The van der Waals surface area contributed by atoms with Crippen molar-refractivity contribution in [1.29, 1.82) is 0 Å². The first-order valence-electron chi connectivity index (χ1n) is 6.77. The molecule has 2 rings (SSSR count). The number of amides is 1. The molecule has 2 aromatic rings. The Balaban J connectivity index is 2.10. The molecular formula is C16H19N3O2. The number of rotatable bonds is 6. The molecule has 0 aliphatic carbocycles. The zero-order valence-electron chi connectivity index (χ0n) is 12.2. The van der Waals surface area contributed by atoms with E-state index in [1.807, 2.05) is 37.2 Å². The second-order valence-electron chi connectivity index (χ2n) is 5.10. The molecule has 21 heavy (non-hydrogen) atoms. The first-order valence-corrected chi connectivity index (χ1v) is 6.77. The molecule has 110 valence electrons. The van der Waals surface area contributed by atoms with Crippen LogP contribution in [0.3, 0.4) is 0 Å². The van der Waals surface area contributed by atoms with E-state index in [1.165, 1.54) is 0 Å². The average Bonchev–Trinajstić information content (AvgIpc) is 2.96.